The molecule has 3 heterocycles. The summed E-state index contributed by atoms with van der Waals surface area (Å²) in [7, 11) is -4.17. The Kier molecular flexibility index (Phi) is 6.21. The van der Waals surface area contributed by atoms with Crippen molar-refractivity contribution < 1.29 is 40.2 Å². The smallest absolute Gasteiger partial charge is 0.416 e. The molecule has 0 unspecified atom stereocenters. The fourth-order valence-corrected chi connectivity index (χ4v) is 5.71. The van der Waals surface area contributed by atoms with Crippen LogP contribution in [0.2, 0.25) is 0 Å². The lowest BCUT2D eigenvalue weighted by molar-refractivity contribution is -0.137. The van der Waals surface area contributed by atoms with Gasteiger partial charge in [-0.2, -0.15) is 17.6 Å². The molecule has 1 aromatic heterocycles. The summed E-state index contributed by atoms with van der Waals surface area (Å²) in [6.45, 7) is 2.06. The van der Waals surface area contributed by atoms with Gasteiger partial charge in [0.2, 0.25) is 5.95 Å². The Morgan fingerprint density at radius 3 is 2.47 bits per heavy atom. The van der Waals surface area contributed by atoms with Gasteiger partial charge in [-0.1, -0.05) is 25.1 Å². The third-order valence-corrected chi connectivity index (χ3v) is 8.00. The molecule has 200 valence electrons. The highest BCUT2D eigenvalue weighted by Gasteiger charge is 2.41. The highest BCUT2D eigenvalue weighted by molar-refractivity contribution is 7.92. The number of alkyl halides is 3. The van der Waals surface area contributed by atoms with Gasteiger partial charge in [-0.25, -0.2) is 18.2 Å². The predicted molar refractivity (Wildman–Crippen MR) is 128 cm³/mol. The normalized spacial score (nSPS) is 19.5. The zero-order valence-corrected chi connectivity index (χ0v) is 20.7. The number of nitrogens with zero attached hydrogens (tertiary/aromatic N) is 2. The van der Waals surface area contributed by atoms with Crippen LogP contribution in [0.25, 0.3) is 0 Å². The number of ether oxygens (including phenoxy) is 2. The van der Waals surface area contributed by atoms with E-state index in [2.05, 4.69) is 9.71 Å². The monoisotopic (exact) mass is 551 g/mol. The van der Waals surface area contributed by atoms with Gasteiger partial charge in [-0.05, 0) is 42.3 Å². The van der Waals surface area contributed by atoms with E-state index < -0.39 is 39.2 Å². The van der Waals surface area contributed by atoms with E-state index in [1.807, 2.05) is 0 Å². The van der Waals surface area contributed by atoms with Crippen LogP contribution in [0.1, 0.15) is 30.0 Å². The zero-order chi connectivity index (χ0) is 27.3. The third kappa shape index (κ3) is 4.62. The number of halogens is 4. The first-order valence-electron chi connectivity index (χ1n) is 11.5. The van der Waals surface area contributed by atoms with Gasteiger partial charge in [0, 0.05) is 17.0 Å². The van der Waals surface area contributed by atoms with Crippen LogP contribution in [0, 0.1) is 5.95 Å². The summed E-state index contributed by atoms with van der Waals surface area (Å²) in [6.07, 6.45) is -5.03. The number of aromatic nitrogens is 1. The van der Waals surface area contributed by atoms with Gasteiger partial charge in [0.05, 0.1) is 29.3 Å². The first-order valence-corrected chi connectivity index (χ1v) is 13.0. The topological polar surface area (TPSA) is 97.8 Å². The molecule has 13 heteroatoms. The number of pyridine rings is 1. The first-order chi connectivity index (χ1) is 17.9. The number of anilines is 2. The molecule has 1 atom stereocenters. The summed E-state index contributed by atoms with van der Waals surface area (Å²) >= 11 is 0. The lowest BCUT2D eigenvalue weighted by Gasteiger charge is -2.38. The second-order valence-electron chi connectivity index (χ2n) is 9.04. The number of cyclic esters (lactones) is 1. The quantitative estimate of drug-likeness (QED) is 0.351. The van der Waals surface area contributed by atoms with Crippen molar-refractivity contribution in [1.29, 1.82) is 0 Å². The van der Waals surface area contributed by atoms with Crippen LogP contribution < -0.4 is 14.4 Å². The Morgan fingerprint density at radius 1 is 1.03 bits per heavy atom. The molecule has 8 nitrogen and oxygen atoms in total. The van der Waals surface area contributed by atoms with E-state index in [-0.39, 0.29) is 41.9 Å². The minimum absolute atomic E-state index is 0.0410. The molecule has 38 heavy (non-hydrogen) atoms. The lowest BCUT2D eigenvalue weighted by Crippen LogP contribution is -2.35. The minimum atomic E-state index is -4.63. The number of fused-ring (bicyclic) bond motifs is 1. The van der Waals surface area contributed by atoms with E-state index in [0.29, 0.717) is 17.5 Å². The van der Waals surface area contributed by atoms with Crippen LogP contribution in [-0.2, 0) is 26.4 Å². The molecule has 2 aliphatic heterocycles. The first kappa shape index (κ1) is 25.8. The van der Waals surface area contributed by atoms with Crippen molar-refractivity contribution in [2.45, 2.75) is 29.8 Å². The molecule has 1 amide bonds. The standard InChI is InChI=1S/C25H21F4N3O5S/c1-24(17-7-5-15(25(27,28)29)13-19(17)32-10-12-37-23(32)33)9-11-36-20-14-16(6-8-18(20)24)38(34,35)31-22-4-2-3-21(26)30-22/h2-8,13-14H,9-12H2,1H3,(H,30,31)/t24-/m0/s1. The van der Waals surface area contributed by atoms with Crippen LogP contribution in [0.3, 0.4) is 0 Å². The summed E-state index contributed by atoms with van der Waals surface area (Å²) in [4.78, 5) is 16.8. The van der Waals surface area contributed by atoms with Gasteiger partial charge in [0.1, 0.15) is 18.2 Å². The summed E-state index contributed by atoms with van der Waals surface area (Å²) in [5.41, 5.74) is -0.819. The maximum absolute atomic E-state index is 13.6. The minimum Gasteiger partial charge on any atom is -0.493 e. The molecular formula is C25H21F4N3O5S. The SMILES string of the molecule is C[C@@]1(c2ccc(C(F)(F)F)cc2N2CCOC2=O)CCOc2cc(S(=O)(=O)Nc3cccc(F)n3)ccc21. The molecule has 0 spiro atoms. The van der Waals surface area contributed by atoms with Crippen LogP contribution in [0.4, 0.5) is 33.9 Å². The number of carbonyl (C=O) groups excluding carboxylic acids is 1. The molecule has 1 saturated heterocycles. The molecule has 1 N–H and O–H groups in total. The Labute approximate surface area is 215 Å². The predicted octanol–water partition coefficient (Wildman–Crippen LogP) is 5.09. The van der Waals surface area contributed by atoms with Crippen molar-refractivity contribution in [1.82, 2.24) is 4.98 Å². The molecule has 3 aromatic rings. The largest absolute Gasteiger partial charge is 0.493 e. The maximum Gasteiger partial charge on any atom is 0.416 e. The molecule has 0 aliphatic carbocycles. The average molecular weight is 552 g/mol. The highest BCUT2D eigenvalue weighted by atomic mass is 32.2. The highest BCUT2D eigenvalue weighted by Crippen LogP contribution is 2.48. The number of nitrogens with one attached hydrogen (secondary N) is 1. The molecule has 1 fully saturated rings. The third-order valence-electron chi connectivity index (χ3n) is 6.64. The van der Waals surface area contributed by atoms with E-state index >= 15 is 0 Å². The van der Waals surface area contributed by atoms with Gasteiger partial charge in [-0.3, -0.25) is 9.62 Å². The number of amides is 1. The van der Waals surface area contributed by atoms with Gasteiger partial charge in [0.25, 0.3) is 10.0 Å². The summed E-state index contributed by atoms with van der Waals surface area (Å²) in [6, 6.07) is 11.0. The van der Waals surface area contributed by atoms with E-state index in [1.165, 1.54) is 41.3 Å². The Balaban J connectivity index is 1.57. The number of benzene rings is 2. The van der Waals surface area contributed by atoms with Gasteiger partial charge < -0.3 is 9.47 Å². The number of rotatable bonds is 5. The number of hydrogen-bond acceptors (Lipinski definition) is 6. The fraction of sp³-hybridized carbons (Fsp3) is 0.280. The molecule has 5 rings (SSSR count). The second-order valence-corrected chi connectivity index (χ2v) is 10.7. The molecule has 2 aliphatic rings. The van der Waals surface area contributed by atoms with Crippen LogP contribution >= 0.6 is 0 Å². The summed E-state index contributed by atoms with van der Waals surface area (Å²) < 4.78 is 92.9. The van der Waals surface area contributed by atoms with Crippen molar-refractivity contribution in [3.8, 4) is 5.75 Å². The zero-order valence-electron chi connectivity index (χ0n) is 19.9. The van der Waals surface area contributed by atoms with E-state index in [9.17, 15) is 30.8 Å². The fourth-order valence-electron chi connectivity index (χ4n) is 4.70. The van der Waals surface area contributed by atoms with E-state index in [4.69, 9.17) is 9.47 Å². The number of hydrogen-bond donors (Lipinski definition) is 1. The van der Waals surface area contributed by atoms with Crippen molar-refractivity contribution in [2.75, 3.05) is 29.4 Å². The van der Waals surface area contributed by atoms with Crippen molar-refractivity contribution in [2.24, 2.45) is 0 Å². The average Bonchev–Trinajstić information content (AvgIpc) is 3.28. The summed E-state index contributed by atoms with van der Waals surface area (Å²) in [5, 5.41) is 0. The number of carbonyl (C=O) groups is 1. The van der Waals surface area contributed by atoms with Crippen LogP contribution in [0.5, 0.6) is 5.75 Å². The number of sulfonamides is 1. The van der Waals surface area contributed by atoms with Gasteiger partial charge in [0.15, 0.2) is 0 Å². The molecule has 0 radical (unpaired) electrons. The molecule has 0 bridgehead atoms. The Morgan fingerprint density at radius 2 is 1.79 bits per heavy atom. The molecule has 0 saturated carbocycles. The van der Waals surface area contributed by atoms with Crippen LogP contribution in [0.15, 0.2) is 59.5 Å². The Bertz CT molecular complexity index is 1530. The van der Waals surface area contributed by atoms with Crippen molar-refractivity contribution in [3.05, 3.63) is 77.2 Å². The molecule has 2 aromatic carbocycles. The molecular weight excluding hydrogens is 530 g/mol. The van der Waals surface area contributed by atoms with Gasteiger partial charge >= 0.3 is 12.3 Å². The lowest BCUT2D eigenvalue weighted by atomic mass is 9.71. The second kappa shape index (κ2) is 9.15. The maximum atomic E-state index is 13.6. The Hall–Kier alpha value is -3.87. The van der Waals surface area contributed by atoms with Crippen LogP contribution in [-0.4, -0.2) is 39.3 Å². The summed E-state index contributed by atoms with van der Waals surface area (Å²) in [5.74, 6) is -0.854. The van der Waals surface area contributed by atoms with Gasteiger partial charge in [-0.15, -0.1) is 0 Å². The van der Waals surface area contributed by atoms with E-state index in [1.54, 1.807) is 6.92 Å². The van der Waals surface area contributed by atoms with Crippen molar-refractivity contribution in [3.63, 3.8) is 0 Å². The van der Waals surface area contributed by atoms with Crippen molar-refractivity contribution >= 4 is 27.6 Å². The van der Waals surface area contributed by atoms with E-state index in [0.717, 1.165) is 18.2 Å².